The number of carbonyl (C=O) groups excluding carboxylic acids is 1. The molecule has 0 aliphatic rings. The summed E-state index contributed by atoms with van der Waals surface area (Å²) in [5.74, 6) is 0.473. The molecule has 0 atom stereocenters. The summed E-state index contributed by atoms with van der Waals surface area (Å²) < 4.78 is 6.40. The summed E-state index contributed by atoms with van der Waals surface area (Å²) in [4.78, 5) is 28.4. The van der Waals surface area contributed by atoms with Gasteiger partial charge in [-0.25, -0.2) is 4.68 Å². The van der Waals surface area contributed by atoms with Crippen LogP contribution in [0.5, 0.6) is 0 Å². The zero-order valence-electron chi connectivity index (χ0n) is 14.9. The van der Waals surface area contributed by atoms with Gasteiger partial charge < -0.3 is 9.84 Å². The van der Waals surface area contributed by atoms with Gasteiger partial charge in [0.25, 0.3) is 11.5 Å². The highest BCUT2D eigenvalue weighted by Crippen LogP contribution is 2.11. The Labute approximate surface area is 160 Å². The third kappa shape index (κ3) is 4.40. The molecule has 0 radical (unpaired) electrons. The lowest BCUT2D eigenvalue weighted by Crippen LogP contribution is -2.30. The maximum atomic E-state index is 12.4. The Hall–Kier alpha value is -3.00. The topological polar surface area (TPSA) is 103 Å². The fraction of sp³-hybridized carbons (Fsp3) is 0.278. The van der Waals surface area contributed by atoms with E-state index in [4.69, 9.17) is 16.1 Å². The molecule has 1 amide bonds. The van der Waals surface area contributed by atoms with Crippen LogP contribution < -0.4 is 10.9 Å². The highest BCUT2D eigenvalue weighted by molar-refractivity contribution is 6.30. The van der Waals surface area contributed by atoms with Gasteiger partial charge in [0, 0.05) is 24.1 Å². The molecule has 0 aliphatic carbocycles. The number of carbonyl (C=O) groups is 1. The van der Waals surface area contributed by atoms with Crippen LogP contribution in [0.4, 0.5) is 0 Å². The van der Waals surface area contributed by atoms with Gasteiger partial charge in [0.2, 0.25) is 5.89 Å². The Morgan fingerprint density at radius 3 is 2.70 bits per heavy atom. The lowest BCUT2D eigenvalue weighted by Gasteiger charge is -2.06. The molecule has 0 unspecified atom stereocenters. The van der Waals surface area contributed by atoms with Crippen LogP contribution in [0.25, 0.3) is 0 Å². The highest BCUT2D eigenvalue weighted by Gasteiger charge is 2.15. The van der Waals surface area contributed by atoms with Crippen LogP contribution in [0.3, 0.4) is 0 Å². The van der Waals surface area contributed by atoms with E-state index in [-0.39, 0.29) is 29.5 Å². The highest BCUT2D eigenvalue weighted by atomic mass is 35.5. The number of amides is 1. The quantitative estimate of drug-likeness (QED) is 0.691. The van der Waals surface area contributed by atoms with Crippen molar-refractivity contribution in [1.82, 2.24) is 25.2 Å². The van der Waals surface area contributed by atoms with Crippen molar-refractivity contribution >= 4 is 17.5 Å². The number of nitrogens with one attached hydrogen (secondary N) is 1. The van der Waals surface area contributed by atoms with Gasteiger partial charge in [0.1, 0.15) is 6.54 Å². The Morgan fingerprint density at radius 2 is 2.00 bits per heavy atom. The van der Waals surface area contributed by atoms with E-state index in [9.17, 15) is 9.59 Å². The van der Waals surface area contributed by atoms with Crippen molar-refractivity contribution in [3.8, 4) is 0 Å². The zero-order valence-corrected chi connectivity index (χ0v) is 15.7. The molecule has 27 heavy (non-hydrogen) atoms. The van der Waals surface area contributed by atoms with E-state index in [1.165, 1.54) is 17.9 Å². The molecule has 0 spiro atoms. The summed E-state index contributed by atoms with van der Waals surface area (Å²) in [6.45, 7) is 1.62. The van der Waals surface area contributed by atoms with Crippen LogP contribution in [0, 0.1) is 6.92 Å². The smallest absolute Gasteiger partial charge is 0.270 e. The molecule has 0 aliphatic heterocycles. The van der Waals surface area contributed by atoms with Crippen molar-refractivity contribution in [2.24, 2.45) is 0 Å². The summed E-state index contributed by atoms with van der Waals surface area (Å²) in [6, 6.07) is 7.57. The molecule has 1 N–H and O–H groups in total. The van der Waals surface area contributed by atoms with Crippen molar-refractivity contribution in [2.75, 3.05) is 7.05 Å². The SMILES string of the molecule is CNC(=O)c1cnn(Cc2nc(CCc3ccc(Cl)cc3)no2)c(=O)c1C. The lowest BCUT2D eigenvalue weighted by atomic mass is 10.1. The molecule has 8 nitrogen and oxygen atoms in total. The van der Waals surface area contributed by atoms with Crippen molar-refractivity contribution < 1.29 is 9.32 Å². The molecule has 140 valence electrons. The number of hydrogen-bond donors (Lipinski definition) is 1. The van der Waals surface area contributed by atoms with Gasteiger partial charge in [-0.05, 0) is 31.0 Å². The van der Waals surface area contributed by atoms with Gasteiger partial charge in [0.05, 0.1) is 11.8 Å². The van der Waals surface area contributed by atoms with Crippen molar-refractivity contribution in [3.63, 3.8) is 0 Å². The van der Waals surface area contributed by atoms with E-state index in [2.05, 4.69) is 20.6 Å². The average molecular weight is 388 g/mol. The fourth-order valence-electron chi connectivity index (χ4n) is 2.55. The van der Waals surface area contributed by atoms with Crippen LogP contribution in [-0.2, 0) is 19.4 Å². The molecular weight excluding hydrogens is 370 g/mol. The van der Waals surface area contributed by atoms with Gasteiger partial charge >= 0.3 is 0 Å². The molecule has 1 aromatic carbocycles. The molecule has 0 saturated heterocycles. The Bertz CT molecular complexity index is 1010. The van der Waals surface area contributed by atoms with Gasteiger partial charge in [-0.1, -0.05) is 28.9 Å². The monoisotopic (exact) mass is 387 g/mol. The zero-order chi connectivity index (χ0) is 19.4. The minimum absolute atomic E-state index is 0.0433. The van der Waals surface area contributed by atoms with Crippen LogP contribution in [0.15, 0.2) is 39.8 Å². The molecule has 9 heteroatoms. The van der Waals surface area contributed by atoms with Crippen molar-refractivity contribution in [2.45, 2.75) is 26.3 Å². The van der Waals surface area contributed by atoms with Gasteiger partial charge in [-0.3, -0.25) is 9.59 Å². The van der Waals surface area contributed by atoms with Crippen LogP contribution in [0.2, 0.25) is 5.02 Å². The molecule has 3 aromatic rings. The standard InChI is InChI=1S/C18H18ClN5O3/c1-11-14(17(25)20-2)9-21-24(18(11)26)10-16-22-15(23-27-16)8-5-12-3-6-13(19)7-4-12/h3-4,6-7,9H,5,8,10H2,1-2H3,(H,20,25). The first-order valence-electron chi connectivity index (χ1n) is 8.32. The van der Waals surface area contributed by atoms with Crippen LogP contribution >= 0.6 is 11.6 Å². The second-order valence-corrected chi connectivity index (χ2v) is 6.39. The maximum Gasteiger partial charge on any atom is 0.270 e. The molecule has 0 fully saturated rings. The number of hydrogen-bond acceptors (Lipinski definition) is 6. The van der Waals surface area contributed by atoms with E-state index in [0.717, 1.165) is 12.0 Å². The summed E-state index contributed by atoms with van der Waals surface area (Å²) in [5, 5.41) is 11.1. The summed E-state index contributed by atoms with van der Waals surface area (Å²) >= 11 is 5.87. The van der Waals surface area contributed by atoms with E-state index in [0.29, 0.717) is 22.8 Å². The number of rotatable bonds is 6. The molecule has 2 heterocycles. The molecule has 0 bridgehead atoms. The van der Waals surface area contributed by atoms with Crippen LogP contribution in [0.1, 0.15) is 33.2 Å². The second kappa shape index (κ2) is 8.13. The lowest BCUT2D eigenvalue weighted by molar-refractivity contribution is 0.0961. The minimum atomic E-state index is -0.378. The van der Waals surface area contributed by atoms with Gasteiger partial charge in [-0.2, -0.15) is 10.1 Å². The summed E-state index contributed by atoms with van der Waals surface area (Å²) in [5.41, 5.74) is 1.29. The summed E-state index contributed by atoms with van der Waals surface area (Å²) in [7, 11) is 1.50. The number of nitrogens with zero attached hydrogens (tertiary/aromatic N) is 4. The fourth-order valence-corrected chi connectivity index (χ4v) is 2.68. The minimum Gasteiger partial charge on any atom is -0.355 e. The molecule has 0 saturated carbocycles. The Kier molecular flexibility index (Phi) is 5.66. The second-order valence-electron chi connectivity index (χ2n) is 5.96. The van der Waals surface area contributed by atoms with Crippen molar-refractivity contribution in [1.29, 1.82) is 0 Å². The molecule has 3 rings (SSSR count). The van der Waals surface area contributed by atoms with E-state index in [1.807, 2.05) is 24.3 Å². The third-order valence-electron chi connectivity index (χ3n) is 4.10. The molecular formula is C18H18ClN5O3. The van der Waals surface area contributed by atoms with E-state index < -0.39 is 0 Å². The Morgan fingerprint density at radius 1 is 1.26 bits per heavy atom. The average Bonchev–Trinajstić information content (AvgIpc) is 3.12. The first-order valence-corrected chi connectivity index (χ1v) is 8.70. The largest absolute Gasteiger partial charge is 0.355 e. The van der Waals surface area contributed by atoms with Crippen LogP contribution in [-0.4, -0.2) is 32.9 Å². The maximum absolute atomic E-state index is 12.4. The predicted octanol–water partition coefficient (Wildman–Crippen LogP) is 1.78. The van der Waals surface area contributed by atoms with Gasteiger partial charge in [-0.15, -0.1) is 0 Å². The molecule has 2 aromatic heterocycles. The summed E-state index contributed by atoms with van der Waals surface area (Å²) in [6.07, 6.45) is 2.70. The van der Waals surface area contributed by atoms with Crippen molar-refractivity contribution in [3.05, 3.63) is 74.2 Å². The predicted molar refractivity (Wildman–Crippen MR) is 98.9 cm³/mol. The number of aryl methyl sites for hydroxylation is 2. The number of aromatic nitrogens is 4. The van der Waals surface area contributed by atoms with E-state index in [1.54, 1.807) is 6.92 Å². The Balaban J connectivity index is 1.68. The normalized spacial score (nSPS) is 10.8. The first kappa shape index (κ1) is 18.8. The van der Waals surface area contributed by atoms with Gasteiger partial charge in [0.15, 0.2) is 5.82 Å². The van der Waals surface area contributed by atoms with E-state index >= 15 is 0 Å². The first-order chi connectivity index (χ1) is 13.0. The third-order valence-corrected chi connectivity index (χ3v) is 4.35. The number of benzene rings is 1. The number of halogens is 1.